The van der Waals surface area contributed by atoms with Gasteiger partial charge in [0, 0.05) is 5.69 Å². The number of thiophene rings is 1. The van der Waals surface area contributed by atoms with E-state index in [1.807, 2.05) is 48.5 Å². The molecule has 0 aliphatic heterocycles. The van der Waals surface area contributed by atoms with Crippen LogP contribution in [-0.4, -0.2) is 18.1 Å². The minimum atomic E-state index is -0.321. The second-order valence-corrected chi connectivity index (χ2v) is 5.66. The molecule has 1 N–H and O–H groups in total. The summed E-state index contributed by atoms with van der Waals surface area (Å²) in [6.45, 7) is 0. The van der Waals surface area contributed by atoms with Crippen LogP contribution in [0.1, 0.15) is 9.67 Å². The molecule has 0 saturated heterocycles. The van der Waals surface area contributed by atoms with Crippen LogP contribution in [0.2, 0.25) is 0 Å². The van der Waals surface area contributed by atoms with E-state index in [9.17, 15) is 4.79 Å². The molecule has 22 heavy (non-hydrogen) atoms. The Hall–Kier alpha value is -2.66. The van der Waals surface area contributed by atoms with Crippen molar-refractivity contribution in [3.63, 3.8) is 0 Å². The van der Waals surface area contributed by atoms with Crippen LogP contribution in [0.25, 0.3) is 10.6 Å². The third-order valence-corrected chi connectivity index (χ3v) is 4.16. The summed E-state index contributed by atoms with van der Waals surface area (Å²) in [5.41, 5.74) is 2.76. The Morgan fingerprint density at radius 2 is 1.86 bits per heavy atom. The lowest BCUT2D eigenvalue weighted by atomic mass is 10.2. The number of nitrogens with zero attached hydrogens (tertiary/aromatic N) is 1. The molecular weight excluding hydrogens is 296 g/mol. The highest BCUT2D eigenvalue weighted by Crippen LogP contribution is 2.28. The van der Waals surface area contributed by atoms with Gasteiger partial charge < -0.3 is 10.1 Å². The van der Waals surface area contributed by atoms with E-state index in [0.29, 0.717) is 4.88 Å². The number of methoxy groups -OCH3 is 1. The van der Waals surface area contributed by atoms with E-state index in [0.717, 1.165) is 21.9 Å². The van der Waals surface area contributed by atoms with Gasteiger partial charge in [0.2, 0.25) is 0 Å². The predicted octanol–water partition coefficient (Wildman–Crippen LogP) is 4.34. The summed E-state index contributed by atoms with van der Waals surface area (Å²) in [7, 11) is 1.38. The van der Waals surface area contributed by atoms with Gasteiger partial charge in [-0.15, -0.1) is 11.3 Å². The van der Waals surface area contributed by atoms with Crippen molar-refractivity contribution in [2.24, 2.45) is 0 Å². The first-order chi connectivity index (χ1) is 10.8. The molecule has 0 amide bonds. The van der Waals surface area contributed by atoms with Gasteiger partial charge in [0.25, 0.3) is 0 Å². The van der Waals surface area contributed by atoms with E-state index in [-0.39, 0.29) is 5.97 Å². The number of ether oxygens (including phenoxy) is 1. The monoisotopic (exact) mass is 310 g/mol. The first-order valence-corrected chi connectivity index (χ1v) is 7.54. The summed E-state index contributed by atoms with van der Waals surface area (Å²) in [5.74, 6) is -0.321. The summed E-state index contributed by atoms with van der Waals surface area (Å²) in [4.78, 5) is 17.4. The summed E-state index contributed by atoms with van der Waals surface area (Å²) in [5, 5.41) is 3.28. The zero-order chi connectivity index (χ0) is 15.4. The zero-order valence-electron chi connectivity index (χ0n) is 11.9. The quantitative estimate of drug-likeness (QED) is 0.728. The van der Waals surface area contributed by atoms with Gasteiger partial charge in [0.05, 0.1) is 29.6 Å². The van der Waals surface area contributed by atoms with E-state index >= 15 is 0 Å². The summed E-state index contributed by atoms with van der Waals surface area (Å²) in [6, 6.07) is 17.4. The van der Waals surface area contributed by atoms with Crippen molar-refractivity contribution in [2.45, 2.75) is 0 Å². The maximum Gasteiger partial charge on any atom is 0.348 e. The van der Waals surface area contributed by atoms with Gasteiger partial charge in [-0.3, -0.25) is 4.98 Å². The summed E-state index contributed by atoms with van der Waals surface area (Å²) in [6.07, 6.45) is 1.78. The van der Waals surface area contributed by atoms with Crippen molar-refractivity contribution in [3.05, 3.63) is 65.7 Å². The molecule has 3 aromatic rings. The van der Waals surface area contributed by atoms with Crippen molar-refractivity contribution in [3.8, 4) is 10.6 Å². The standard InChI is InChI=1S/C17H14N2O2S/c1-21-17(20)16-10-9-15(22-16)14-8-7-13(11-18-14)19-12-5-3-2-4-6-12/h2-11,19H,1H3. The number of aromatic nitrogens is 1. The van der Waals surface area contributed by atoms with Crippen LogP contribution < -0.4 is 5.32 Å². The molecule has 0 radical (unpaired) electrons. The van der Waals surface area contributed by atoms with E-state index < -0.39 is 0 Å². The Balaban J connectivity index is 1.76. The van der Waals surface area contributed by atoms with Crippen LogP contribution in [-0.2, 0) is 4.74 Å². The number of benzene rings is 1. The number of nitrogens with one attached hydrogen (secondary N) is 1. The largest absolute Gasteiger partial charge is 0.465 e. The van der Waals surface area contributed by atoms with E-state index in [2.05, 4.69) is 10.3 Å². The Morgan fingerprint density at radius 1 is 1.05 bits per heavy atom. The molecular formula is C17H14N2O2S. The maximum absolute atomic E-state index is 11.5. The fourth-order valence-corrected chi connectivity index (χ4v) is 2.89. The number of esters is 1. The molecule has 3 rings (SSSR count). The van der Waals surface area contributed by atoms with Gasteiger partial charge in [-0.05, 0) is 36.4 Å². The zero-order valence-corrected chi connectivity index (χ0v) is 12.8. The predicted molar refractivity (Wildman–Crippen MR) is 88.6 cm³/mol. The van der Waals surface area contributed by atoms with E-state index in [1.165, 1.54) is 18.4 Å². The minimum absolute atomic E-state index is 0.321. The third kappa shape index (κ3) is 3.15. The molecule has 0 aliphatic carbocycles. The van der Waals surface area contributed by atoms with Gasteiger partial charge >= 0.3 is 5.97 Å². The molecule has 4 nitrogen and oxygen atoms in total. The molecule has 0 aliphatic rings. The highest BCUT2D eigenvalue weighted by molar-refractivity contribution is 7.17. The lowest BCUT2D eigenvalue weighted by Crippen LogP contribution is -1.96. The molecule has 5 heteroatoms. The van der Waals surface area contributed by atoms with Gasteiger partial charge in [-0.1, -0.05) is 18.2 Å². The highest BCUT2D eigenvalue weighted by Gasteiger charge is 2.10. The molecule has 0 fully saturated rings. The first-order valence-electron chi connectivity index (χ1n) is 6.73. The van der Waals surface area contributed by atoms with Gasteiger partial charge in [-0.2, -0.15) is 0 Å². The van der Waals surface area contributed by atoms with Crippen LogP contribution in [0, 0.1) is 0 Å². The fourth-order valence-electron chi connectivity index (χ4n) is 1.99. The van der Waals surface area contributed by atoms with Crippen molar-refractivity contribution >= 4 is 28.7 Å². The maximum atomic E-state index is 11.5. The topological polar surface area (TPSA) is 51.2 Å². The molecule has 110 valence electrons. The summed E-state index contributed by atoms with van der Waals surface area (Å²) < 4.78 is 4.71. The molecule has 0 unspecified atom stereocenters. The van der Waals surface area contributed by atoms with Crippen molar-refractivity contribution in [1.82, 2.24) is 4.98 Å². The molecule has 0 atom stereocenters. The Labute approximate surface area is 132 Å². The van der Waals surface area contributed by atoms with Gasteiger partial charge in [-0.25, -0.2) is 4.79 Å². The van der Waals surface area contributed by atoms with Crippen LogP contribution in [0.5, 0.6) is 0 Å². The van der Waals surface area contributed by atoms with E-state index in [4.69, 9.17) is 4.74 Å². The van der Waals surface area contributed by atoms with Crippen LogP contribution in [0.4, 0.5) is 11.4 Å². The van der Waals surface area contributed by atoms with E-state index in [1.54, 1.807) is 12.3 Å². The molecule has 2 heterocycles. The van der Waals surface area contributed by atoms with Crippen molar-refractivity contribution in [2.75, 3.05) is 12.4 Å². The molecule has 0 spiro atoms. The number of pyridine rings is 1. The Kier molecular flexibility index (Phi) is 4.16. The average Bonchev–Trinajstić information content (AvgIpc) is 3.06. The Morgan fingerprint density at radius 3 is 2.55 bits per heavy atom. The molecule has 0 bridgehead atoms. The first kappa shape index (κ1) is 14.3. The smallest absolute Gasteiger partial charge is 0.348 e. The number of rotatable bonds is 4. The highest BCUT2D eigenvalue weighted by atomic mass is 32.1. The van der Waals surface area contributed by atoms with Crippen molar-refractivity contribution < 1.29 is 9.53 Å². The lowest BCUT2D eigenvalue weighted by molar-refractivity contribution is 0.0606. The number of anilines is 2. The number of hydrogen-bond acceptors (Lipinski definition) is 5. The lowest BCUT2D eigenvalue weighted by Gasteiger charge is -2.06. The number of carbonyl (C=O) groups is 1. The van der Waals surface area contributed by atoms with Gasteiger partial charge in [0.15, 0.2) is 0 Å². The molecule has 2 aromatic heterocycles. The van der Waals surface area contributed by atoms with Crippen LogP contribution in [0.3, 0.4) is 0 Å². The summed E-state index contributed by atoms with van der Waals surface area (Å²) >= 11 is 1.37. The minimum Gasteiger partial charge on any atom is -0.465 e. The number of hydrogen-bond donors (Lipinski definition) is 1. The second-order valence-electron chi connectivity index (χ2n) is 4.58. The normalized spacial score (nSPS) is 10.2. The molecule has 0 saturated carbocycles. The third-order valence-electron chi connectivity index (χ3n) is 3.07. The van der Waals surface area contributed by atoms with Crippen molar-refractivity contribution in [1.29, 1.82) is 0 Å². The second kappa shape index (κ2) is 6.41. The van der Waals surface area contributed by atoms with Crippen LogP contribution >= 0.6 is 11.3 Å². The SMILES string of the molecule is COC(=O)c1ccc(-c2ccc(Nc3ccccc3)cn2)s1. The number of para-hydroxylation sites is 1. The van der Waals surface area contributed by atoms with Crippen LogP contribution in [0.15, 0.2) is 60.8 Å². The van der Waals surface area contributed by atoms with Gasteiger partial charge in [0.1, 0.15) is 4.88 Å². The number of carbonyl (C=O) groups excluding carboxylic acids is 1. The fraction of sp³-hybridized carbons (Fsp3) is 0.0588. The average molecular weight is 310 g/mol. The Bertz CT molecular complexity index is 767. The molecule has 1 aromatic carbocycles.